The van der Waals surface area contributed by atoms with E-state index in [0.717, 1.165) is 19.6 Å². The van der Waals surface area contributed by atoms with E-state index in [1.165, 1.54) is 57.4 Å². The van der Waals surface area contributed by atoms with E-state index in [1.54, 1.807) is 0 Å². The summed E-state index contributed by atoms with van der Waals surface area (Å²) in [4.78, 5) is 2.55. The standard InChI is InChI=1S/C19H39N3Si/c1-5-6-7-8-9-10-11-12-15-23(3,4)19-21-13-14-22(19)17-18(2)16-20/h18-19,21H,5-15,17H2,1-4H3. The highest BCUT2D eigenvalue weighted by Crippen LogP contribution is 2.24. The molecule has 0 aromatic heterocycles. The van der Waals surface area contributed by atoms with Crippen molar-refractivity contribution in [2.75, 3.05) is 19.6 Å². The summed E-state index contributed by atoms with van der Waals surface area (Å²) >= 11 is 0. The van der Waals surface area contributed by atoms with Crippen LogP contribution < -0.4 is 5.32 Å². The van der Waals surface area contributed by atoms with Crippen LogP contribution in [0, 0.1) is 17.2 Å². The molecule has 3 nitrogen and oxygen atoms in total. The lowest BCUT2D eigenvalue weighted by atomic mass is 10.1. The molecule has 1 heterocycles. The second kappa shape index (κ2) is 11.2. The van der Waals surface area contributed by atoms with Gasteiger partial charge in [-0.15, -0.1) is 0 Å². The first-order valence-corrected chi connectivity index (χ1v) is 13.2. The lowest BCUT2D eigenvalue weighted by Gasteiger charge is -2.36. The molecule has 0 aromatic carbocycles. The van der Waals surface area contributed by atoms with Crippen LogP contribution in [0.25, 0.3) is 0 Å². The molecule has 23 heavy (non-hydrogen) atoms. The molecule has 134 valence electrons. The summed E-state index contributed by atoms with van der Waals surface area (Å²) in [5.74, 6) is 0.716. The first kappa shape index (κ1) is 20.7. The molecule has 0 bridgehead atoms. The molecule has 1 saturated heterocycles. The van der Waals surface area contributed by atoms with E-state index in [0.29, 0.717) is 5.79 Å². The van der Waals surface area contributed by atoms with Gasteiger partial charge in [0.2, 0.25) is 0 Å². The highest BCUT2D eigenvalue weighted by atomic mass is 28.3. The molecule has 0 aromatic rings. The van der Waals surface area contributed by atoms with Crippen molar-refractivity contribution in [3.8, 4) is 6.07 Å². The van der Waals surface area contributed by atoms with Crippen molar-refractivity contribution >= 4 is 8.07 Å². The Labute approximate surface area is 145 Å². The summed E-state index contributed by atoms with van der Waals surface area (Å²) < 4.78 is 0. The van der Waals surface area contributed by atoms with Crippen molar-refractivity contribution in [3.05, 3.63) is 0 Å². The van der Waals surface area contributed by atoms with Gasteiger partial charge in [0, 0.05) is 25.4 Å². The number of nitrogens with zero attached hydrogens (tertiary/aromatic N) is 2. The molecule has 1 fully saturated rings. The SMILES string of the molecule is CCCCCCCCCC[Si](C)(C)C1NCCN1CC(C)C#N. The minimum atomic E-state index is -1.29. The molecule has 2 unspecified atom stereocenters. The van der Waals surface area contributed by atoms with Crippen LogP contribution in [0.15, 0.2) is 0 Å². The normalized spacial score (nSPS) is 20.6. The summed E-state index contributed by atoms with van der Waals surface area (Å²) in [5, 5.41) is 12.8. The van der Waals surface area contributed by atoms with E-state index in [1.807, 2.05) is 6.92 Å². The maximum atomic E-state index is 9.08. The van der Waals surface area contributed by atoms with E-state index >= 15 is 0 Å². The monoisotopic (exact) mass is 337 g/mol. The molecule has 0 saturated carbocycles. The van der Waals surface area contributed by atoms with E-state index in [9.17, 15) is 0 Å². The highest BCUT2D eigenvalue weighted by Gasteiger charge is 2.38. The van der Waals surface area contributed by atoms with Gasteiger partial charge in [0.05, 0.1) is 20.1 Å². The topological polar surface area (TPSA) is 39.1 Å². The van der Waals surface area contributed by atoms with E-state index < -0.39 is 8.07 Å². The Kier molecular flexibility index (Phi) is 10.1. The Hall–Kier alpha value is -0.373. The molecule has 0 aliphatic carbocycles. The highest BCUT2D eigenvalue weighted by molar-refractivity contribution is 6.78. The summed E-state index contributed by atoms with van der Waals surface area (Å²) in [5.41, 5.74) is 0. The van der Waals surface area contributed by atoms with E-state index in [2.05, 4.69) is 36.3 Å². The molecular formula is C19H39N3Si. The first-order valence-electron chi connectivity index (χ1n) is 9.88. The van der Waals surface area contributed by atoms with E-state index in [-0.39, 0.29) is 5.92 Å². The van der Waals surface area contributed by atoms with Crippen LogP contribution in [-0.2, 0) is 0 Å². The Morgan fingerprint density at radius 3 is 2.35 bits per heavy atom. The number of nitrogens with one attached hydrogen (secondary N) is 1. The van der Waals surface area contributed by atoms with Gasteiger partial charge in [0.15, 0.2) is 0 Å². The summed E-state index contributed by atoms with van der Waals surface area (Å²) in [6, 6.07) is 3.80. The van der Waals surface area contributed by atoms with Crippen molar-refractivity contribution < 1.29 is 0 Å². The van der Waals surface area contributed by atoms with Crippen LogP contribution >= 0.6 is 0 Å². The fraction of sp³-hybridized carbons (Fsp3) is 0.947. The number of nitriles is 1. The lowest BCUT2D eigenvalue weighted by Crippen LogP contribution is -2.55. The molecule has 1 aliphatic rings. The maximum absolute atomic E-state index is 9.08. The third-order valence-electron chi connectivity index (χ3n) is 5.25. The molecule has 1 rings (SSSR count). The molecule has 2 atom stereocenters. The second-order valence-corrected chi connectivity index (χ2v) is 13.1. The lowest BCUT2D eigenvalue weighted by molar-refractivity contribution is 0.274. The fourth-order valence-electron chi connectivity index (χ4n) is 3.81. The molecule has 1 N–H and O–H groups in total. The van der Waals surface area contributed by atoms with Gasteiger partial charge in [-0.1, -0.05) is 77.4 Å². The quantitative estimate of drug-likeness (QED) is 0.412. The zero-order valence-corrected chi connectivity index (χ0v) is 17.0. The summed E-state index contributed by atoms with van der Waals surface area (Å²) in [6.45, 7) is 12.5. The number of hydrogen-bond acceptors (Lipinski definition) is 3. The summed E-state index contributed by atoms with van der Waals surface area (Å²) in [6.07, 6.45) is 11.3. The molecule has 0 radical (unpaired) electrons. The van der Waals surface area contributed by atoms with Gasteiger partial charge >= 0.3 is 0 Å². The smallest absolute Gasteiger partial charge is 0.0848 e. The van der Waals surface area contributed by atoms with Crippen molar-refractivity contribution in [1.29, 1.82) is 5.26 Å². The predicted molar refractivity (Wildman–Crippen MR) is 103 cm³/mol. The average molecular weight is 338 g/mol. The predicted octanol–water partition coefficient (Wildman–Crippen LogP) is 4.77. The maximum Gasteiger partial charge on any atom is 0.0848 e. The van der Waals surface area contributed by atoms with Gasteiger partial charge in [-0.2, -0.15) is 5.26 Å². The zero-order chi connectivity index (χ0) is 17.1. The van der Waals surface area contributed by atoms with Crippen LogP contribution in [-0.4, -0.2) is 38.4 Å². The van der Waals surface area contributed by atoms with Crippen LogP contribution in [0.2, 0.25) is 19.1 Å². The Morgan fingerprint density at radius 1 is 1.13 bits per heavy atom. The second-order valence-electron chi connectivity index (χ2n) is 8.10. The van der Waals surface area contributed by atoms with Crippen LogP contribution in [0.5, 0.6) is 0 Å². The van der Waals surface area contributed by atoms with Gasteiger partial charge < -0.3 is 5.32 Å². The first-order chi connectivity index (χ1) is 11.0. The number of unbranched alkanes of at least 4 members (excludes halogenated alkanes) is 7. The number of rotatable bonds is 12. The minimum absolute atomic E-state index is 0.144. The summed E-state index contributed by atoms with van der Waals surface area (Å²) in [7, 11) is -1.29. The van der Waals surface area contributed by atoms with Gasteiger partial charge in [0.1, 0.15) is 0 Å². The largest absolute Gasteiger partial charge is 0.303 e. The Morgan fingerprint density at radius 2 is 1.74 bits per heavy atom. The van der Waals surface area contributed by atoms with Crippen LogP contribution in [0.3, 0.4) is 0 Å². The van der Waals surface area contributed by atoms with Crippen molar-refractivity contribution in [3.63, 3.8) is 0 Å². The van der Waals surface area contributed by atoms with Crippen LogP contribution in [0.4, 0.5) is 0 Å². The van der Waals surface area contributed by atoms with Crippen molar-refractivity contribution in [2.24, 2.45) is 5.92 Å². The van der Waals surface area contributed by atoms with Crippen molar-refractivity contribution in [2.45, 2.75) is 90.1 Å². The number of hydrogen-bond donors (Lipinski definition) is 1. The third-order valence-corrected chi connectivity index (χ3v) is 8.94. The van der Waals surface area contributed by atoms with Crippen LogP contribution in [0.1, 0.15) is 65.2 Å². The molecule has 4 heteroatoms. The zero-order valence-electron chi connectivity index (χ0n) is 16.0. The van der Waals surface area contributed by atoms with Gasteiger partial charge in [-0.3, -0.25) is 4.90 Å². The van der Waals surface area contributed by atoms with Gasteiger partial charge in [-0.25, -0.2) is 0 Å². The van der Waals surface area contributed by atoms with Crippen molar-refractivity contribution in [1.82, 2.24) is 10.2 Å². The molecule has 1 aliphatic heterocycles. The molecular weight excluding hydrogens is 298 g/mol. The Balaban J connectivity index is 2.24. The molecule has 0 amide bonds. The van der Waals surface area contributed by atoms with Gasteiger partial charge in [0.25, 0.3) is 0 Å². The fourth-order valence-corrected chi connectivity index (χ4v) is 7.17. The Bertz CT molecular complexity index is 351. The van der Waals surface area contributed by atoms with Gasteiger partial charge in [-0.05, 0) is 6.92 Å². The minimum Gasteiger partial charge on any atom is -0.303 e. The molecule has 0 spiro atoms. The third kappa shape index (κ3) is 7.83. The average Bonchev–Trinajstić information content (AvgIpc) is 2.98. The van der Waals surface area contributed by atoms with E-state index in [4.69, 9.17) is 5.26 Å².